The van der Waals surface area contributed by atoms with Gasteiger partial charge in [0.25, 0.3) is 0 Å². The van der Waals surface area contributed by atoms with Gasteiger partial charge in [-0.2, -0.15) is 0 Å². The topological polar surface area (TPSA) is 55.2 Å². The summed E-state index contributed by atoms with van der Waals surface area (Å²) in [7, 11) is 0. The predicted octanol–water partition coefficient (Wildman–Crippen LogP) is 2.63. The molecule has 4 nitrogen and oxygen atoms in total. The average molecular weight is 244 g/mol. The number of aliphatic hydroxyl groups is 1. The second-order valence-corrected chi connectivity index (χ2v) is 3.99. The van der Waals surface area contributed by atoms with E-state index in [1.807, 2.05) is 26.0 Å². The molecule has 0 unspecified atom stereocenters. The molecule has 2 aromatic heterocycles. The average Bonchev–Trinajstić information content (AvgIpc) is 2.41. The fourth-order valence-corrected chi connectivity index (χ4v) is 1.69. The maximum absolute atomic E-state index is 9.24. The van der Waals surface area contributed by atoms with E-state index < -0.39 is 0 Å². The van der Waals surface area contributed by atoms with E-state index in [0.29, 0.717) is 17.1 Å². The number of pyridine rings is 2. The Morgan fingerprint density at radius 1 is 1.22 bits per heavy atom. The Bertz CT molecular complexity index is 541. The number of aliphatic hydroxyl groups excluding tert-OH is 1. The highest BCUT2D eigenvalue weighted by Crippen LogP contribution is 2.27. The highest BCUT2D eigenvalue weighted by molar-refractivity contribution is 5.37. The summed E-state index contributed by atoms with van der Waals surface area (Å²) in [5.41, 5.74) is 2.59. The van der Waals surface area contributed by atoms with E-state index in [4.69, 9.17) is 4.74 Å². The van der Waals surface area contributed by atoms with Gasteiger partial charge in [-0.05, 0) is 31.5 Å². The fraction of sp³-hybridized carbons (Fsp3) is 0.286. The highest BCUT2D eigenvalue weighted by Gasteiger charge is 2.08. The molecule has 0 saturated heterocycles. The number of rotatable bonds is 4. The van der Waals surface area contributed by atoms with Gasteiger partial charge in [0, 0.05) is 17.5 Å². The van der Waals surface area contributed by atoms with Crippen LogP contribution in [0.4, 0.5) is 0 Å². The molecule has 0 radical (unpaired) electrons. The SMILES string of the molecule is CCc1nc(C)ccc1Oc1cnccc1CO. The molecule has 2 heterocycles. The van der Waals surface area contributed by atoms with Crippen molar-refractivity contribution < 1.29 is 9.84 Å². The molecule has 0 saturated carbocycles. The number of hydrogen-bond acceptors (Lipinski definition) is 4. The van der Waals surface area contributed by atoms with Crippen molar-refractivity contribution in [3.05, 3.63) is 47.5 Å². The first-order valence-electron chi connectivity index (χ1n) is 5.92. The van der Waals surface area contributed by atoms with Crippen molar-refractivity contribution in [3.8, 4) is 11.5 Å². The number of hydrogen-bond donors (Lipinski definition) is 1. The van der Waals surface area contributed by atoms with Crippen LogP contribution in [-0.4, -0.2) is 15.1 Å². The Morgan fingerprint density at radius 2 is 2.06 bits per heavy atom. The van der Waals surface area contributed by atoms with E-state index in [1.165, 1.54) is 0 Å². The first-order valence-corrected chi connectivity index (χ1v) is 5.92. The molecule has 2 rings (SSSR count). The molecule has 0 bridgehead atoms. The smallest absolute Gasteiger partial charge is 0.151 e. The van der Waals surface area contributed by atoms with Crippen LogP contribution in [-0.2, 0) is 13.0 Å². The first-order chi connectivity index (χ1) is 8.74. The molecule has 2 aromatic rings. The Morgan fingerprint density at radius 3 is 2.78 bits per heavy atom. The first kappa shape index (κ1) is 12.5. The Labute approximate surface area is 106 Å². The molecule has 0 atom stereocenters. The fourth-order valence-electron chi connectivity index (χ4n) is 1.69. The van der Waals surface area contributed by atoms with Crippen LogP contribution >= 0.6 is 0 Å². The summed E-state index contributed by atoms with van der Waals surface area (Å²) < 4.78 is 5.79. The zero-order valence-corrected chi connectivity index (χ0v) is 10.6. The number of nitrogens with zero attached hydrogens (tertiary/aromatic N) is 2. The van der Waals surface area contributed by atoms with Gasteiger partial charge in [0.2, 0.25) is 0 Å². The molecular formula is C14H16N2O2. The molecule has 18 heavy (non-hydrogen) atoms. The van der Waals surface area contributed by atoms with Crippen LogP contribution in [0.15, 0.2) is 30.6 Å². The minimum atomic E-state index is -0.0708. The van der Waals surface area contributed by atoms with Gasteiger partial charge in [-0.25, -0.2) is 0 Å². The van der Waals surface area contributed by atoms with Crippen LogP contribution in [0.3, 0.4) is 0 Å². The van der Waals surface area contributed by atoms with Gasteiger partial charge in [0.1, 0.15) is 5.75 Å². The van der Waals surface area contributed by atoms with Crippen LogP contribution in [0.2, 0.25) is 0 Å². The quantitative estimate of drug-likeness (QED) is 0.898. The molecule has 0 spiro atoms. The van der Waals surface area contributed by atoms with Gasteiger partial charge < -0.3 is 9.84 Å². The monoisotopic (exact) mass is 244 g/mol. The van der Waals surface area contributed by atoms with Gasteiger partial charge in [0.15, 0.2) is 5.75 Å². The van der Waals surface area contributed by atoms with Crippen molar-refractivity contribution in [1.29, 1.82) is 0 Å². The summed E-state index contributed by atoms with van der Waals surface area (Å²) in [6, 6.07) is 5.54. The van der Waals surface area contributed by atoms with Crippen LogP contribution in [0, 0.1) is 6.92 Å². The third kappa shape index (κ3) is 2.65. The van der Waals surface area contributed by atoms with Gasteiger partial charge in [0.05, 0.1) is 18.5 Å². The van der Waals surface area contributed by atoms with Gasteiger partial charge >= 0.3 is 0 Å². The summed E-state index contributed by atoms with van der Waals surface area (Å²) in [6.45, 7) is 3.91. The minimum Gasteiger partial charge on any atom is -0.453 e. The lowest BCUT2D eigenvalue weighted by Crippen LogP contribution is -1.98. The van der Waals surface area contributed by atoms with Crippen molar-refractivity contribution in [2.75, 3.05) is 0 Å². The second-order valence-electron chi connectivity index (χ2n) is 3.99. The third-order valence-corrected chi connectivity index (χ3v) is 2.67. The van der Waals surface area contributed by atoms with E-state index >= 15 is 0 Å². The molecule has 94 valence electrons. The number of aryl methyl sites for hydroxylation is 2. The number of aromatic nitrogens is 2. The van der Waals surface area contributed by atoms with Crippen LogP contribution < -0.4 is 4.74 Å². The lowest BCUT2D eigenvalue weighted by molar-refractivity contribution is 0.276. The maximum atomic E-state index is 9.24. The summed E-state index contributed by atoms with van der Waals surface area (Å²) in [5, 5.41) is 9.24. The van der Waals surface area contributed by atoms with Crippen molar-refractivity contribution in [2.24, 2.45) is 0 Å². The summed E-state index contributed by atoms with van der Waals surface area (Å²) in [5.74, 6) is 1.28. The summed E-state index contributed by atoms with van der Waals surface area (Å²) in [6.07, 6.45) is 4.03. The normalized spacial score (nSPS) is 10.4. The molecule has 4 heteroatoms. The van der Waals surface area contributed by atoms with E-state index in [-0.39, 0.29) is 6.61 Å². The molecule has 0 aliphatic carbocycles. The van der Waals surface area contributed by atoms with Crippen molar-refractivity contribution in [3.63, 3.8) is 0 Å². The Hall–Kier alpha value is -1.94. The van der Waals surface area contributed by atoms with Crippen LogP contribution in [0.1, 0.15) is 23.9 Å². The lowest BCUT2D eigenvalue weighted by Gasteiger charge is -2.12. The van der Waals surface area contributed by atoms with Crippen LogP contribution in [0.5, 0.6) is 11.5 Å². The highest BCUT2D eigenvalue weighted by atomic mass is 16.5. The Balaban J connectivity index is 2.33. The summed E-state index contributed by atoms with van der Waals surface area (Å²) >= 11 is 0. The number of ether oxygens (including phenoxy) is 1. The predicted molar refractivity (Wildman–Crippen MR) is 68.6 cm³/mol. The summed E-state index contributed by atoms with van der Waals surface area (Å²) in [4.78, 5) is 8.44. The largest absolute Gasteiger partial charge is 0.453 e. The van der Waals surface area contributed by atoms with E-state index in [2.05, 4.69) is 9.97 Å². The van der Waals surface area contributed by atoms with E-state index in [0.717, 1.165) is 17.8 Å². The third-order valence-electron chi connectivity index (χ3n) is 2.67. The van der Waals surface area contributed by atoms with Gasteiger partial charge in [-0.15, -0.1) is 0 Å². The van der Waals surface area contributed by atoms with Gasteiger partial charge in [-0.1, -0.05) is 6.92 Å². The van der Waals surface area contributed by atoms with Crippen molar-refractivity contribution >= 4 is 0 Å². The molecule has 0 fully saturated rings. The Kier molecular flexibility index (Phi) is 3.89. The van der Waals surface area contributed by atoms with Crippen molar-refractivity contribution in [1.82, 2.24) is 9.97 Å². The molecule has 0 aromatic carbocycles. The van der Waals surface area contributed by atoms with Crippen molar-refractivity contribution in [2.45, 2.75) is 26.9 Å². The molecule has 0 amide bonds. The lowest BCUT2D eigenvalue weighted by atomic mass is 10.2. The maximum Gasteiger partial charge on any atom is 0.151 e. The molecule has 0 aliphatic rings. The molecule has 0 aliphatic heterocycles. The van der Waals surface area contributed by atoms with Crippen LogP contribution in [0.25, 0.3) is 0 Å². The van der Waals surface area contributed by atoms with Gasteiger partial charge in [-0.3, -0.25) is 9.97 Å². The standard InChI is InChI=1S/C14H16N2O2/c1-3-12-13(5-4-10(2)16-12)18-14-8-15-7-6-11(14)9-17/h4-8,17H,3,9H2,1-2H3. The minimum absolute atomic E-state index is 0.0708. The zero-order chi connectivity index (χ0) is 13.0. The van der Waals surface area contributed by atoms with E-state index in [1.54, 1.807) is 18.5 Å². The van der Waals surface area contributed by atoms with E-state index in [9.17, 15) is 5.11 Å². The second kappa shape index (κ2) is 5.60. The zero-order valence-electron chi connectivity index (χ0n) is 10.6. The molecular weight excluding hydrogens is 228 g/mol. The molecule has 1 N–H and O–H groups in total.